The lowest BCUT2D eigenvalue weighted by Crippen LogP contribution is -2.14. The van der Waals surface area contributed by atoms with Crippen molar-refractivity contribution in [3.63, 3.8) is 0 Å². The lowest BCUT2D eigenvalue weighted by Gasteiger charge is -2.10. The Hall–Kier alpha value is -3.27. The number of aromatic nitrogens is 4. The van der Waals surface area contributed by atoms with Crippen molar-refractivity contribution < 1.29 is 19.0 Å². The Morgan fingerprint density at radius 3 is 2.25 bits per heavy atom. The average molecular weight is 401 g/mol. The van der Waals surface area contributed by atoms with Crippen LogP contribution in [0.5, 0.6) is 17.2 Å². The Balaban J connectivity index is 1.65. The van der Waals surface area contributed by atoms with Gasteiger partial charge < -0.3 is 19.5 Å². The summed E-state index contributed by atoms with van der Waals surface area (Å²) in [7, 11) is 4.70. The largest absolute Gasteiger partial charge is 0.497 e. The SMILES string of the molecule is COc1ccc(-n2nnnc2SCC(=O)Nc2cc(OC)cc(OC)c2)cc1. The molecule has 2 aromatic carbocycles. The number of thioether (sulfide) groups is 1. The van der Waals surface area contributed by atoms with E-state index >= 15 is 0 Å². The highest BCUT2D eigenvalue weighted by Crippen LogP contribution is 2.26. The van der Waals surface area contributed by atoms with E-state index in [-0.39, 0.29) is 11.7 Å². The summed E-state index contributed by atoms with van der Waals surface area (Å²) in [6.07, 6.45) is 0. The van der Waals surface area contributed by atoms with Gasteiger partial charge in [-0.1, -0.05) is 11.8 Å². The third kappa shape index (κ3) is 4.71. The fourth-order valence-electron chi connectivity index (χ4n) is 2.36. The molecular formula is C18H19N5O4S. The van der Waals surface area contributed by atoms with Crippen LogP contribution in [0.1, 0.15) is 0 Å². The van der Waals surface area contributed by atoms with Gasteiger partial charge in [0.05, 0.1) is 32.8 Å². The number of rotatable bonds is 8. The number of benzene rings is 2. The quantitative estimate of drug-likeness (QED) is 0.575. The Morgan fingerprint density at radius 1 is 1.00 bits per heavy atom. The molecule has 1 amide bonds. The molecule has 0 atom stereocenters. The zero-order valence-corrected chi connectivity index (χ0v) is 16.4. The normalized spacial score (nSPS) is 10.4. The molecule has 1 N–H and O–H groups in total. The smallest absolute Gasteiger partial charge is 0.234 e. The predicted molar refractivity (Wildman–Crippen MR) is 105 cm³/mol. The molecular weight excluding hydrogens is 382 g/mol. The van der Waals surface area contributed by atoms with Crippen molar-refractivity contribution in [1.82, 2.24) is 20.2 Å². The number of methoxy groups -OCH3 is 3. The highest BCUT2D eigenvalue weighted by molar-refractivity contribution is 7.99. The third-order valence-electron chi connectivity index (χ3n) is 3.73. The van der Waals surface area contributed by atoms with E-state index in [1.807, 2.05) is 24.3 Å². The van der Waals surface area contributed by atoms with Crippen molar-refractivity contribution in [2.24, 2.45) is 0 Å². The van der Waals surface area contributed by atoms with Gasteiger partial charge in [0.15, 0.2) is 0 Å². The lowest BCUT2D eigenvalue weighted by atomic mass is 10.2. The first-order valence-electron chi connectivity index (χ1n) is 8.21. The van der Waals surface area contributed by atoms with Crippen molar-refractivity contribution in [2.75, 3.05) is 32.4 Å². The van der Waals surface area contributed by atoms with E-state index in [2.05, 4.69) is 20.8 Å². The summed E-state index contributed by atoms with van der Waals surface area (Å²) < 4.78 is 17.1. The topological polar surface area (TPSA) is 100 Å². The maximum absolute atomic E-state index is 12.3. The zero-order valence-electron chi connectivity index (χ0n) is 15.6. The molecule has 3 rings (SSSR count). The molecule has 9 nitrogen and oxygen atoms in total. The number of tetrazole rings is 1. The van der Waals surface area contributed by atoms with Crippen LogP contribution in [0, 0.1) is 0 Å². The van der Waals surface area contributed by atoms with Gasteiger partial charge in [0.25, 0.3) is 0 Å². The molecule has 0 aliphatic carbocycles. The highest BCUT2D eigenvalue weighted by atomic mass is 32.2. The van der Waals surface area contributed by atoms with E-state index in [0.29, 0.717) is 22.3 Å². The Kier molecular flexibility index (Phi) is 6.33. The second kappa shape index (κ2) is 9.09. The number of nitrogens with zero attached hydrogens (tertiary/aromatic N) is 4. The van der Waals surface area contributed by atoms with E-state index in [1.54, 1.807) is 44.2 Å². The summed E-state index contributed by atoms with van der Waals surface area (Å²) in [4.78, 5) is 12.3. The number of amides is 1. The summed E-state index contributed by atoms with van der Waals surface area (Å²) in [5.74, 6) is 1.84. The molecule has 3 aromatic rings. The molecule has 146 valence electrons. The van der Waals surface area contributed by atoms with Gasteiger partial charge >= 0.3 is 0 Å². The first kappa shape index (κ1) is 19.5. The van der Waals surface area contributed by atoms with E-state index < -0.39 is 0 Å². The first-order valence-corrected chi connectivity index (χ1v) is 9.20. The summed E-state index contributed by atoms with van der Waals surface area (Å²) in [5.41, 5.74) is 1.35. The first-order chi connectivity index (χ1) is 13.6. The Morgan fingerprint density at radius 2 is 1.64 bits per heavy atom. The van der Waals surface area contributed by atoms with E-state index in [0.717, 1.165) is 11.4 Å². The molecule has 1 aromatic heterocycles. The van der Waals surface area contributed by atoms with Crippen LogP contribution in [0.25, 0.3) is 5.69 Å². The van der Waals surface area contributed by atoms with Gasteiger partial charge in [-0.05, 0) is 34.7 Å². The van der Waals surface area contributed by atoms with Crippen molar-refractivity contribution in [1.29, 1.82) is 0 Å². The molecule has 0 aliphatic rings. The second-order valence-electron chi connectivity index (χ2n) is 5.51. The molecule has 0 saturated carbocycles. The fourth-order valence-corrected chi connectivity index (χ4v) is 3.05. The van der Waals surface area contributed by atoms with Crippen LogP contribution in [0.15, 0.2) is 47.6 Å². The molecule has 0 spiro atoms. The monoisotopic (exact) mass is 401 g/mol. The van der Waals surface area contributed by atoms with Gasteiger partial charge in [-0.25, -0.2) is 0 Å². The molecule has 0 aliphatic heterocycles. The van der Waals surface area contributed by atoms with Crippen molar-refractivity contribution in [2.45, 2.75) is 5.16 Å². The van der Waals surface area contributed by atoms with Crippen LogP contribution in [0.2, 0.25) is 0 Å². The van der Waals surface area contributed by atoms with E-state index in [4.69, 9.17) is 14.2 Å². The number of carbonyl (C=O) groups excluding carboxylic acids is 1. The van der Waals surface area contributed by atoms with Crippen LogP contribution < -0.4 is 19.5 Å². The molecule has 28 heavy (non-hydrogen) atoms. The number of carbonyl (C=O) groups is 1. The Labute approximate surface area is 166 Å². The molecule has 0 fully saturated rings. The average Bonchev–Trinajstić information content (AvgIpc) is 3.20. The maximum atomic E-state index is 12.3. The summed E-state index contributed by atoms with van der Waals surface area (Å²) in [5, 5.41) is 15.0. The molecule has 10 heteroatoms. The molecule has 0 radical (unpaired) electrons. The number of hydrogen-bond acceptors (Lipinski definition) is 8. The summed E-state index contributed by atoms with van der Waals surface area (Å²) >= 11 is 1.23. The third-order valence-corrected chi connectivity index (χ3v) is 4.64. The molecule has 0 saturated heterocycles. The highest BCUT2D eigenvalue weighted by Gasteiger charge is 2.13. The standard InChI is InChI=1S/C18H19N5O4S/c1-25-14-6-4-13(5-7-14)23-18(20-21-22-23)28-11-17(24)19-12-8-15(26-2)10-16(9-12)27-3/h4-10H,11H2,1-3H3,(H,19,24). The van der Waals surface area contributed by atoms with Crippen LogP contribution in [0.4, 0.5) is 5.69 Å². The number of ether oxygens (including phenoxy) is 3. The van der Waals surface area contributed by atoms with Crippen LogP contribution in [-0.4, -0.2) is 53.2 Å². The van der Waals surface area contributed by atoms with Gasteiger partial charge in [0.1, 0.15) is 17.2 Å². The van der Waals surface area contributed by atoms with Crippen LogP contribution in [0.3, 0.4) is 0 Å². The van der Waals surface area contributed by atoms with Crippen molar-refractivity contribution in [3.8, 4) is 22.9 Å². The van der Waals surface area contributed by atoms with E-state index in [1.165, 1.54) is 11.8 Å². The van der Waals surface area contributed by atoms with Gasteiger partial charge in [0.2, 0.25) is 11.1 Å². The minimum absolute atomic E-state index is 0.135. The van der Waals surface area contributed by atoms with Gasteiger partial charge in [-0.15, -0.1) is 5.10 Å². The minimum Gasteiger partial charge on any atom is -0.497 e. The van der Waals surface area contributed by atoms with E-state index in [9.17, 15) is 4.79 Å². The van der Waals surface area contributed by atoms with Gasteiger partial charge in [-0.2, -0.15) is 4.68 Å². The lowest BCUT2D eigenvalue weighted by molar-refractivity contribution is -0.113. The minimum atomic E-state index is -0.204. The predicted octanol–water partition coefficient (Wildman–Crippen LogP) is 2.42. The van der Waals surface area contributed by atoms with Crippen LogP contribution >= 0.6 is 11.8 Å². The molecule has 0 bridgehead atoms. The van der Waals surface area contributed by atoms with Gasteiger partial charge in [-0.3, -0.25) is 4.79 Å². The fraction of sp³-hybridized carbons (Fsp3) is 0.222. The molecule has 0 unspecified atom stereocenters. The maximum Gasteiger partial charge on any atom is 0.234 e. The summed E-state index contributed by atoms with van der Waals surface area (Å²) in [6, 6.07) is 12.5. The van der Waals surface area contributed by atoms with Crippen molar-refractivity contribution in [3.05, 3.63) is 42.5 Å². The molecule has 1 heterocycles. The number of hydrogen-bond donors (Lipinski definition) is 1. The number of nitrogens with one attached hydrogen (secondary N) is 1. The second-order valence-corrected chi connectivity index (χ2v) is 6.45. The zero-order chi connectivity index (χ0) is 19.9. The Bertz CT molecular complexity index is 923. The number of anilines is 1. The van der Waals surface area contributed by atoms with Crippen molar-refractivity contribution >= 4 is 23.4 Å². The van der Waals surface area contributed by atoms with Gasteiger partial charge in [0, 0.05) is 23.9 Å². The van der Waals surface area contributed by atoms with Crippen LogP contribution in [-0.2, 0) is 4.79 Å². The summed E-state index contributed by atoms with van der Waals surface area (Å²) in [6.45, 7) is 0.